The summed E-state index contributed by atoms with van der Waals surface area (Å²) in [4.78, 5) is 26.9. The zero-order valence-corrected chi connectivity index (χ0v) is 17.2. The summed E-state index contributed by atoms with van der Waals surface area (Å²) in [6.45, 7) is -0.229. The third kappa shape index (κ3) is 4.90. The fourth-order valence-corrected chi connectivity index (χ4v) is 2.95. The number of carbonyl (C=O) groups excluding carboxylic acids is 1. The normalized spacial score (nSPS) is 10.5. The average Bonchev–Trinajstić information content (AvgIpc) is 3.30. The summed E-state index contributed by atoms with van der Waals surface area (Å²) in [5.41, 5.74) is 1.63. The average molecular weight is 451 g/mol. The highest BCUT2D eigenvalue weighted by molar-refractivity contribution is 6.30. The maximum Gasteiger partial charge on any atom is 0.269 e. The minimum absolute atomic E-state index is 0.0379. The number of nitro benzene ring substituents is 1. The number of rotatable bonds is 7. The number of nitrogens with zero attached hydrogens (tertiary/aromatic N) is 3. The summed E-state index contributed by atoms with van der Waals surface area (Å²) in [5, 5.41) is 18.1. The van der Waals surface area contributed by atoms with Crippen LogP contribution >= 0.6 is 11.6 Å². The molecule has 160 valence electrons. The summed E-state index contributed by atoms with van der Waals surface area (Å²) in [6, 6.07) is 19.4. The Morgan fingerprint density at radius 2 is 1.78 bits per heavy atom. The highest BCUT2D eigenvalue weighted by Gasteiger charge is 2.16. The van der Waals surface area contributed by atoms with Gasteiger partial charge in [0.1, 0.15) is 5.75 Å². The molecule has 0 radical (unpaired) electrons. The number of hydrogen-bond acceptors (Lipinski definition) is 7. The standard InChI is InChI=1S/C22H15ClN4O5/c23-15-7-9-16(10-8-15)24-20(28)13-31-19-4-2-1-3-18(19)21-25-22(32-26-21)14-5-11-17(12-6-14)27(29)30/h1-12H,13H2,(H,24,28). The summed E-state index contributed by atoms with van der Waals surface area (Å²) < 4.78 is 11.0. The van der Waals surface area contributed by atoms with Gasteiger partial charge in [0.05, 0.1) is 10.5 Å². The molecule has 1 heterocycles. The smallest absolute Gasteiger partial charge is 0.269 e. The number of halogens is 1. The molecule has 9 nitrogen and oxygen atoms in total. The van der Waals surface area contributed by atoms with E-state index in [0.717, 1.165) is 0 Å². The van der Waals surface area contributed by atoms with Gasteiger partial charge in [0.2, 0.25) is 5.82 Å². The van der Waals surface area contributed by atoms with Crippen molar-refractivity contribution in [2.75, 3.05) is 11.9 Å². The molecule has 1 amide bonds. The Bertz CT molecular complexity index is 1260. The van der Waals surface area contributed by atoms with E-state index < -0.39 is 4.92 Å². The Hall–Kier alpha value is -4.24. The van der Waals surface area contributed by atoms with Crippen molar-refractivity contribution in [2.45, 2.75) is 0 Å². The molecule has 4 aromatic rings. The van der Waals surface area contributed by atoms with Crippen LogP contribution in [0.15, 0.2) is 77.3 Å². The van der Waals surface area contributed by atoms with E-state index in [1.54, 1.807) is 48.5 Å². The van der Waals surface area contributed by atoms with E-state index in [1.807, 2.05) is 0 Å². The van der Waals surface area contributed by atoms with Gasteiger partial charge < -0.3 is 14.6 Å². The molecule has 0 unspecified atom stereocenters. The van der Waals surface area contributed by atoms with Crippen LogP contribution in [-0.4, -0.2) is 27.6 Å². The molecule has 0 bridgehead atoms. The van der Waals surface area contributed by atoms with Crippen molar-refractivity contribution in [3.63, 3.8) is 0 Å². The van der Waals surface area contributed by atoms with Crippen LogP contribution in [0.5, 0.6) is 5.75 Å². The van der Waals surface area contributed by atoms with Gasteiger partial charge in [0, 0.05) is 28.4 Å². The zero-order valence-electron chi connectivity index (χ0n) is 16.4. The number of ether oxygens (including phenoxy) is 1. The van der Waals surface area contributed by atoms with Gasteiger partial charge in [-0.1, -0.05) is 28.9 Å². The Kier molecular flexibility index (Phi) is 6.09. The molecule has 0 spiro atoms. The molecule has 0 saturated heterocycles. The van der Waals surface area contributed by atoms with Gasteiger partial charge >= 0.3 is 0 Å². The van der Waals surface area contributed by atoms with Gasteiger partial charge in [-0.3, -0.25) is 14.9 Å². The molecular formula is C22H15ClN4O5. The topological polar surface area (TPSA) is 120 Å². The fraction of sp³-hybridized carbons (Fsp3) is 0.0455. The Morgan fingerprint density at radius 3 is 2.50 bits per heavy atom. The zero-order chi connectivity index (χ0) is 22.5. The SMILES string of the molecule is O=C(COc1ccccc1-c1noc(-c2ccc([N+](=O)[O-])cc2)n1)Nc1ccc(Cl)cc1. The van der Waals surface area contributed by atoms with Crippen molar-refractivity contribution < 1.29 is 19.0 Å². The predicted molar refractivity (Wildman–Crippen MR) is 117 cm³/mol. The van der Waals surface area contributed by atoms with E-state index in [0.29, 0.717) is 27.6 Å². The van der Waals surface area contributed by atoms with Crippen LogP contribution in [0.3, 0.4) is 0 Å². The number of hydrogen-bond donors (Lipinski definition) is 1. The minimum Gasteiger partial charge on any atom is -0.483 e. The first kappa shape index (κ1) is 21.0. The van der Waals surface area contributed by atoms with E-state index in [1.165, 1.54) is 24.3 Å². The molecule has 0 aliphatic rings. The lowest BCUT2D eigenvalue weighted by Crippen LogP contribution is -2.20. The summed E-state index contributed by atoms with van der Waals surface area (Å²) in [5.74, 6) is 0.508. The van der Waals surface area contributed by atoms with Crippen molar-refractivity contribution in [1.82, 2.24) is 10.1 Å². The molecular weight excluding hydrogens is 436 g/mol. The summed E-state index contributed by atoms with van der Waals surface area (Å²) >= 11 is 5.84. The summed E-state index contributed by atoms with van der Waals surface area (Å²) in [6.07, 6.45) is 0. The lowest BCUT2D eigenvalue weighted by atomic mass is 10.2. The monoisotopic (exact) mass is 450 g/mol. The van der Waals surface area contributed by atoms with Gasteiger partial charge in [-0.15, -0.1) is 0 Å². The third-order valence-electron chi connectivity index (χ3n) is 4.37. The maximum absolute atomic E-state index is 12.2. The molecule has 0 aliphatic carbocycles. The van der Waals surface area contributed by atoms with E-state index in [4.69, 9.17) is 20.9 Å². The number of nitrogens with one attached hydrogen (secondary N) is 1. The highest BCUT2D eigenvalue weighted by atomic mass is 35.5. The third-order valence-corrected chi connectivity index (χ3v) is 4.62. The lowest BCUT2D eigenvalue weighted by Gasteiger charge is -2.10. The molecule has 3 aromatic carbocycles. The largest absolute Gasteiger partial charge is 0.483 e. The van der Waals surface area contributed by atoms with Crippen LogP contribution in [0, 0.1) is 10.1 Å². The van der Waals surface area contributed by atoms with Gasteiger partial charge in [-0.05, 0) is 48.5 Å². The van der Waals surface area contributed by atoms with Crippen LogP contribution < -0.4 is 10.1 Å². The second-order valence-corrected chi connectivity index (χ2v) is 7.00. The molecule has 1 N–H and O–H groups in total. The number of carbonyl (C=O) groups is 1. The number of benzene rings is 3. The second-order valence-electron chi connectivity index (χ2n) is 6.57. The first-order valence-electron chi connectivity index (χ1n) is 9.36. The van der Waals surface area contributed by atoms with Gasteiger partial charge in [-0.25, -0.2) is 0 Å². The quantitative estimate of drug-likeness (QED) is 0.311. The number of amides is 1. The maximum atomic E-state index is 12.2. The highest BCUT2D eigenvalue weighted by Crippen LogP contribution is 2.30. The molecule has 4 rings (SSSR count). The van der Waals surface area contributed by atoms with Crippen molar-refractivity contribution in [1.29, 1.82) is 0 Å². The molecule has 0 atom stereocenters. The van der Waals surface area contributed by atoms with Crippen LogP contribution in [0.2, 0.25) is 5.02 Å². The van der Waals surface area contributed by atoms with E-state index >= 15 is 0 Å². The fourth-order valence-electron chi connectivity index (χ4n) is 2.83. The Balaban J connectivity index is 1.47. The molecule has 0 saturated carbocycles. The summed E-state index contributed by atoms with van der Waals surface area (Å²) in [7, 11) is 0. The Labute approximate surface area is 186 Å². The number of non-ortho nitro benzene ring substituents is 1. The van der Waals surface area contributed by atoms with Gasteiger partial charge in [0.25, 0.3) is 17.5 Å². The number of para-hydroxylation sites is 1. The van der Waals surface area contributed by atoms with Crippen molar-refractivity contribution in [2.24, 2.45) is 0 Å². The van der Waals surface area contributed by atoms with Crippen molar-refractivity contribution in [3.8, 4) is 28.6 Å². The lowest BCUT2D eigenvalue weighted by molar-refractivity contribution is -0.384. The Morgan fingerprint density at radius 1 is 1.06 bits per heavy atom. The number of anilines is 1. The van der Waals surface area contributed by atoms with Crippen LogP contribution in [0.1, 0.15) is 0 Å². The first-order valence-corrected chi connectivity index (χ1v) is 9.73. The molecule has 1 aromatic heterocycles. The van der Waals surface area contributed by atoms with Crippen molar-refractivity contribution >= 4 is 28.9 Å². The first-order chi connectivity index (χ1) is 15.5. The van der Waals surface area contributed by atoms with Crippen LogP contribution in [0.4, 0.5) is 11.4 Å². The van der Waals surface area contributed by atoms with Crippen molar-refractivity contribution in [3.05, 3.63) is 87.9 Å². The van der Waals surface area contributed by atoms with Gasteiger partial charge in [-0.2, -0.15) is 4.98 Å². The van der Waals surface area contributed by atoms with E-state index in [2.05, 4.69) is 15.5 Å². The van der Waals surface area contributed by atoms with E-state index in [-0.39, 0.29) is 29.9 Å². The number of aromatic nitrogens is 2. The molecule has 0 aliphatic heterocycles. The number of nitro groups is 1. The second kappa shape index (κ2) is 9.27. The minimum atomic E-state index is -0.486. The molecule has 32 heavy (non-hydrogen) atoms. The van der Waals surface area contributed by atoms with Gasteiger partial charge in [0.15, 0.2) is 6.61 Å². The molecule has 10 heteroatoms. The van der Waals surface area contributed by atoms with Crippen LogP contribution in [-0.2, 0) is 4.79 Å². The van der Waals surface area contributed by atoms with E-state index in [9.17, 15) is 14.9 Å². The van der Waals surface area contributed by atoms with Crippen LogP contribution in [0.25, 0.3) is 22.8 Å². The molecule has 0 fully saturated rings. The predicted octanol–water partition coefficient (Wildman–Crippen LogP) is 4.98.